The fourth-order valence-electron chi connectivity index (χ4n) is 2.38. The molecule has 0 aliphatic carbocycles. The van der Waals surface area contributed by atoms with Crippen LogP contribution < -0.4 is 10.6 Å². The van der Waals surface area contributed by atoms with E-state index in [4.69, 9.17) is 0 Å². The van der Waals surface area contributed by atoms with Gasteiger partial charge in [-0.25, -0.2) is 0 Å². The van der Waals surface area contributed by atoms with Crippen LogP contribution in [-0.2, 0) is 11.2 Å². The summed E-state index contributed by atoms with van der Waals surface area (Å²) in [4.78, 5) is 14.4. The molecule has 0 saturated heterocycles. The fourth-order valence-corrected chi connectivity index (χ4v) is 2.38. The number of nitrogens with zero attached hydrogens (tertiary/aromatic N) is 1. The molecule has 0 saturated carbocycles. The highest BCUT2D eigenvalue weighted by Gasteiger charge is 2.25. The molecule has 0 aromatic heterocycles. The second kappa shape index (κ2) is 6.75. The number of rotatable bonds is 6. The van der Waals surface area contributed by atoms with Gasteiger partial charge in [-0.2, -0.15) is 0 Å². The van der Waals surface area contributed by atoms with Gasteiger partial charge in [0.2, 0.25) is 5.91 Å². The lowest BCUT2D eigenvalue weighted by molar-refractivity contribution is -0.121. The standard InChI is InChI=1S/C16H25N3O/c1-12(2)19(3)10-6-9-17-16(20)15-11-13-7-4-5-8-14(13)18-15/h4-5,7-8,12,15,18H,6,9-11H2,1-3H3,(H,17,20)/t15-/m0/s1. The molecule has 0 bridgehead atoms. The molecule has 4 nitrogen and oxygen atoms in total. The largest absolute Gasteiger partial charge is 0.373 e. The summed E-state index contributed by atoms with van der Waals surface area (Å²) in [6.45, 7) is 6.11. The fraction of sp³-hybridized carbons (Fsp3) is 0.562. The topological polar surface area (TPSA) is 44.4 Å². The number of amides is 1. The van der Waals surface area contributed by atoms with Gasteiger partial charge >= 0.3 is 0 Å². The van der Waals surface area contributed by atoms with Crippen LogP contribution in [-0.4, -0.2) is 43.0 Å². The summed E-state index contributed by atoms with van der Waals surface area (Å²) in [7, 11) is 2.11. The Morgan fingerprint density at radius 3 is 2.90 bits per heavy atom. The van der Waals surface area contributed by atoms with Gasteiger partial charge < -0.3 is 15.5 Å². The van der Waals surface area contributed by atoms with Gasteiger partial charge in [0.15, 0.2) is 0 Å². The van der Waals surface area contributed by atoms with Gasteiger partial charge in [-0.3, -0.25) is 4.79 Å². The van der Waals surface area contributed by atoms with Crippen LogP contribution in [0, 0.1) is 0 Å². The van der Waals surface area contributed by atoms with Crippen LogP contribution in [0.5, 0.6) is 0 Å². The second-order valence-corrected chi connectivity index (χ2v) is 5.78. The molecule has 1 heterocycles. The van der Waals surface area contributed by atoms with Crippen LogP contribution in [0.1, 0.15) is 25.8 Å². The third-order valence-corrected chi connectivity index (χ3v) is 3.96. The Kier molecular flexibility index (Phi) is 5.01. The smallest absolute Gasteiger partial charge is 0.242 e. The number of hydrogen-bond acceptors (Lipinski definition) is 3. The molecule has 0 fully saturated rings. The molecule has 2 N–H and O–H groups in total. The Bertz CT molecular complexity index is 434. The predicted molar refractivity (Wildman–Crippen MR) is 82.9 cm³/mol. The molecule has 1 atom stereocenters. The molecular formula is C16H25N3O. The molecule has 1 aromatic rings. The Labute approximate surface area is 121 Å². The quantitative estimate of drug-likeness (QED) is 0.779. The molecule has 110 valence electrons. The van der Waals surface area contributed by atoms with Gasteiger partial charge in [0.25, 0.3) is 0 Å². The second-order valence-electron chi connectivity index (χ2n) is 5.78. The van der Waals surface area contributed by atoms with Gasteiger partial charge in [-0.1, -0.05) is 18.2 Å². The lowest BCUT2D eigenvalue weighted by Gasteiger charge is -2.21. The van der Waals surface area contributed by atoms with Crippen molar-refractivity contribution in [1.29, 1.82) is 0 Å². The lowest BCUT2D eigenvalue weighted by atomic mass is 10.1. The van der Waals surface area contributed by atoms with E-state index in [0.29, 0.717) is 6.04 Å². The van der Waals surface area contributed by atoms with E-state index in [1.54, 1.807) is 0 Å². The number of anilines is 1. The summed E-state index contributed by atoms with van der Waals surface area (Å²) in [6, 6.07) is 8.55. The third kappa shape index (κ3) is 3.73. The number of carbonyl (C=O) groups is 1. The molecule has 2 rings (SSSR count). The van der Waals surface area contributed by atoms with Crippen LogP contribution in [0.3, 0.4) is 0 Å². The molecule has 4 heteroatoms. The van der Waals surface area contributed by atoms with Crippen molar-refractivity contribution >= 4 is 11.6 Å². The molecule has 1 amide bonds. The van der Waals surface area contributed by atoms with Crippen molar-refractivity contribution in [2.24, 2.45) is 0 Å². The van der Waals surface area contributed by atoms with E-state index in [1.165, 1.54) is 5.56 Å². The van der Waals surface area contributed by atoms with E-state index >= 15 is 0 Å². The minimum absolute atomic E-state index is 0.105. The highest BCUT2D eigenvalue weighted by molar-refractivity contribution is 5.87. The maximum atomic E-state index is 12.1. The van der Waals surface area contributed by atoms with E-state index in [9.17, 15) is 4.79 Å². The van der Waals surface area contributed by atoms with Crippen LogP contribution in [0.2, 0.25) is 0 Å². The van der Waals surface area contributed by atoms with Gasteiger partial charge in [0, 0.05) is 24.7 Å². The zero-order valence-electron chi connectivity index (χ0n) is 12.6. The van der Waals surface area contributed by atoms with Crippen LogP contribution >= 0.6 is 0 Å². The predicted octanol–water partition coefficient (Wildman–Crippen LogP) is 1.87. The van der Waals surface area contributed by atoms with E-state index < -0.39 is 0 Å². The maximum Gasteiger partial charge on any atom is 0.242 e. The average Bonchev–Trinajstić information content (AvgIpc) is 2.86. The molecule has 1 aliphatic rings. The molecule has 20 heavy (non-hydrogen) atoms. The van der Waals surface area contributed by atoms with Crippen molar-refractivity contribution in [1.82, 2.24) is 10.2 Å². The van der Waals surface area contributed by atoms with Crippen LogP contribution in [0.4, 0.5) is 5.69 Å². The van der Waals surface area contributed by atoms with E-state index in [2.05, 4.69) is 42.5 Å². The van der Waals surface area contributed by atoms with E-state index in [-0.39, 0.29) is 11.9 Å². The van der Waals surface area contributed by atoms with Crippen LogP contribution in [0.15, 0.2) is 24.3 Å². The number of carbonyl (C=O) groups excluding carboxylic acids is 1. The maximum absolute atomic E-state index is 12.1. The lowest BCUT2D eigenvalue weighted by Crippen LogP contribution is -2.39. The number of para-hydroxylation sites is 1. The minimum atomic E-state index is -0.116. The summed E-state index contributed by atoms with van der Waals surface area (Å²) in [5.41, 5.74) is 2.32. The Balaban J connectivity index is 1.70. The van der Waals surface area contributed by atoms with Crippen molar-refractivity contribution in [2.45, 2.75) is 38.8 Å². The zero-order chi connectivity index (χ0) is 14.5. The summed E-state index contributed by atoms with van der Waals surface area (Å²) >= 11 is 0. The van der Waals surface area contributed by atoms with Crippen molar-refractivity contribution < 1.29 is 4.79 Å². The van der Waals surface area contributed by atoms with Gasteiger partial charge in [0.1, 0.15) is 6.04 Å². The van der Waals surface area contributed by atoms with Crippen molar-refractivity contribution in [3.63, 3.8) is 0 Å². The molecular weight excluding hydrogens is 250 g/mol. The highest BCUT2D eigenvalue weighted by atomic mass is 16.2. The first-order valence-corrected chi connectivity index (χ1v) is 7.40. The number of hydrogen-bond donors (Lipinski definition) is 2. The molecule has 0 radical (unpaired) electrons. The summed E-state index contributed by atoms with van der Waals surface area (Å²) < 4.78 is 0. The van der Waals surface area contributed by atoms with Crippen molar-refractivity contribution in [3.05, 3.63) is 29.8 Å². The van der Waals surface area contributed by atoms with E-state index in [0.717, 1.165) is 31.6 Å². The molecule has 1 aromatic carbocycles. The van der Waals surface area contributed by atoms with Crippen LogP contribution in [0.25, 0.3) is 0 Å². The Morgan fingerprint density at radius 2 is 2.20 bits per heavy atom. The first-order valence-electron chi connectivity index (χ1n) is 7.40. The molecule has 0 unspecified atom stereocenters. The summed E-state index contributed by atoms with van der Waals surface area (Å²) in [5.74, 6) is 0.105. The monoisotopic (exact) mass is 275 g/mol. The first-order chi connectivity index (χ1) is 9.58. The molecule has 0 spiro atoms. The number of nitrogens with one attached hydrogen (secondary N) is 2. The summed E-state index contributed by atoms with van der Waals surface area (Å²) in [5, 5.41) is 6.31. The van der Waals surface area contributed by atoms with Crippen molar-refractivity contribution in [3.8, 4) is 0 Å². The highest BCUT2D eigenvalue weighted by Crippen LogP contribution is 2.24. The zero-order valence-corrected chi connectivity index (χ0v) is 12.6. The summed E-state index contributed by atoms with van der Waals surface area (Å²) in [6.07, 6.45) is 1.77. The Hall–Kier alpha value is -1.55. The van der Waals surface area contributed by atoms with Crippen molar-refractivity contribution in [2.75, 3.05) is 25.5 Å². The third-order valence-electron chi connectivity index (χ3n) is 3.96. The molecule has 1 aliphatic heterocycles. The number of fused-ring (bicyclic) bond motifs is 1. The van der Waals surface area contributed by atoms with Gasteiger partial charge in [-0.15, -0.1) is 0 Å². The van der Waals surface area contributed by atoms with Gasteiger partial charge in [-0.05, 0) is 45.5 Å². The Morgan fingerprint density at radius 1 is 1.45 bits per heavy atom. The SMILES string of the molecule is CC(C)N(C)CCCNC(=O)[C@@H]1Cc2ccccc2N1. The van der Waals surface area contributed by atoms with E-state index in [1.807, 2.05) is 18.2 Å². The van der Waals surface area contributed by atoms with Gasteiger partial charge in [0.05, 0.1) is 0 Å². The number of benzene rings is 1. The normalized spacial score (nSPS) is 17.1. The minimum Gasteiger partial charge on any atom is -0.373 e. The first kappa shape index (κ1) is 14.9. The average molecular weight is 275 g/mol.